The predicted molar refractivity (Wildman–Crippen MR) is 50.6 cm³/mol. The summed E-state index contributed by atoms with van der Waals surface area (Å²) in [6, 6.07) is 0. The highest BCUT2D eigenvalue weighted by Gasteiger charge is 2.16. The van der Waals surface area contributed by atoms with Crippen LogP contribution < -0.4 is 0 Å². The smallest absolute Gasteiger partial charge is 0.0294 e. The van der Waals surface area contributed by atoms with Gasteiger partial charge in [0.15, 0.2) is 0 Å². The Bertz CT molecular complexity index is 124. The molecule has 0 spiro atoms. The van der Waals surface area contributed by atoms with E-state index in [1.807, 2.05) is 0 Å². The van der Waals surface area contributed by atoms with Gasteiger partial charge in [0.25, 0.3) is 0 Å². The summed E-state index contributed by atoms with van der Waals surface area (Å²) in [5.74, 6) is 0.994. The fourth-order valence-corrected chi connectivity index (χ4v) is 1.95. The van der Waals surface area contributed by atoms with Crippen molar-refractivity contribution in [3.05, 3.63) is 12.2 Å². The molecule has 0 aromatic heterocycles. The second-order valence-electron chi connectivity index (χ2n) is 3.85. The molecular weight excluding hydrogens is 132 g/mol. The van der Waals surface area contributed by atoms with Gasteiger partial charge in [-0.05, 0) is 25.2 Å². The molecule has 0 heterocycles. The van der Waals surface area contributed by atoms with Crippen molar-refractivity contribution in [1.82, 2.24) is 0 Å². The van der Waals surface area contributed by atoms with Crippen molar-refractivity contribution in [3.8, 4) is 0 Å². The second-order valence-corrected chi connectivity index (χ2v) is 3.85. The molecule has 0 bridgehead atoms. The molecule has 0 amide bonds. The molecule has 0 aromatic carbocycles. The van der Waals surface area contributed by atoms with Gasteiger partial charge in [0, 0.05) is 0 Å². The standard InChI is InChI=1S/C11H20/c1-3-4-5-6-11-8-7-10(2)9-11/h11H,2-9H2,1H3. The van der Waals surface area contributed by atoms with Crippen LogP contribution in [-0.2, 0) is 0 Å². The van der Waals surface area contributed by atoms with Crippen LogP contribution in [0.5, 0.6) is 0 Å². The van der Waals surface area contributed by atoms with Gasteiger partial charge in [0.1, 0.15) is 0 Å². The first-order valence-electron chi connectivity index (χ1n) is 4.99. The van der Waals surface area contributed by atoms with Gasteiger partial charge in [-0.3, -0.25) is 0 Å². The third-order valence-corrected chi connectivity index (χ3v) is 2.70. The first kappa shape index (κ1) is 8.83. The molecule has 1 unspecified atom stereocenters. The van der Waals surface area contributed by atoms with E-state index in [9.17, 15) is 0 Å². The number of hydrogen-bond acceptors (Lipinski definition) is 0. The summed E-state index contributed by atoms with van der Waals surface area (Å²) in [5, 5.41) is 0. The molecule has 0 saturated heterocycles. The van der Waals surface area contributed by atoms with Crippen LogP contribution in [0.25, 0.3) is 0 Å². The van der Waals surface area contributed by atoms with Crippen molar-refractivity contribution in [2.24, 2.45) is 5.92 Å². The van der Waals surface area contributed by atoms with Crippen molar-refractivity contribution in [1.29, 1.82) is 0 Å². The van der Waals surface area contributed by atoms with E-state index >= 15 is 0 Å². The summed E-state index contributed by atoms with van der Waals surface area (Å²) in [4.78, 5) is 0. The lowest BCUT2D eigenvalue weighted by Gasteiger charge is -2.06. The highest BCUT2D eigenvalue weighted by Crippen LogP contribution is 2.32. The van der Waals surface area contributed by atoms with Gasteiger partial charge in [-0.1, -0.05) is 44.8 Å². The summed E-state index contributed by atoms with van der Waals surface area (Å²) in [5.41, 5.74) is 1.49. The molecule has 0 aromatic rings. The number of unbranched alkanes of at least 4 members (excludes halogenated alkanes) is 2. The average molecular weight is 152 g/mol. The summed E-state index contributed by atoms with van der Waals surface area (Å²) in [6.07, 6.45) is 9.71. The van der Waals surface area contributed by atoms with Crippen molar-refractivity contribution in [2.75, 3.05) is 0 Å². The van der Waals surface area contributed by atoms with Crippen LogP contribution in [0.2, 0.25) is 0 Å². The molecule has 1 aliphatic rings. The van der Waals surface area contributed by atoms with E-state index in [0.717, 1.165) is 5.92 Å². The summed E-state index contributed by atoms with van der Waals surface area (Å²) in [7, 11) is 0. The van der Waals surface area contributed by atoms with Gasteiger partial charge in [-0.25, -0.2) is 0 Å². The minimum atomic E-state index is 0.994. The lowest BCUT2D eigenvalue weighted by molar-refractivity contribution is 0.477. The van der Waals surface area contributed by atoms with Crippen LogP contribution in [0.1, 0.15) is 51.9 Å². The summed E-state index contributed by atoms with van der Waals surface area (Å²) < 4.78 is 0. The number of hydrogen-bond donors (Lipinski definition) is 0. The van der Waals surface area contributed by atoms with Crippen LogP contribution >= 0.6 is 0 Å². The van der Waals surface area contributed by atoms with Crippen molar-refractivity contribution >= 4 is 0 Å². The van der Waals surface area contributed by atoms with Crippen LogP contribution in [-0.4, -0.2) is 0 Å². The van der Waals surface area contributed by atoms with Crippen molar-refractivity contribution in [3.63, 3.8) is 0 Å². The highest BCUT2D eigenvalue weighted by molar-refractivity contribution is 5.01. The van der Waals surface area contributed by atoms with E-state index in [1.165, 1.54) is 50.5 Å². The van der Waals surface area contributed by atoms with E-state index < -0.39 is 0 Å². The van der Waals surface area contributed by atoms with Crippen LogP contribution in [0, 0.1) is 5.92 Å². The van der Waals surface area contributed by atoms with Crippen LogP contribution in [0.3, 0.4) is 0 Å². The third kappa shape index (κ3) is 3.09. The van der Waals surface area contributed by atoms with Crippen LogP contribution in [0.4, 0.5) is 0 Å². The molecule has 1 aliphatic carbocycles. The number of allylic oxidation sites excluding steroid dienone is 1. The van der Waals surface area contributed by atoms with E-state index in [-0.39, 0.29) is 0 Å². The molecule has 0 radical (unpaired) electrons. The van der Waals surface area contributed by atoms with Gasteiger partial charge in [0.2, 0.25) is 0 Å². The van der Waals surface area contributed by atoms with Crippen LogP contribution in [0.15, 0.2) is 12.2 Å². The average Bonchev–Trinajstić information content (AvgIpc) is 2.37. The van der Waals surface area contributed by atoms with Gasteiger partial charge in [-0.2, -0.15) is 0 Å². The molecule has 0 nitrogen and oxygen atoms in total. The van der Waals surface area contributed by atoms with E-state index in [2.05, 4.69) is 13.5 Å². The minimum Gasteiger partial charge on any atom is -0.0999 e. The molecule has 1 atom stereocenters. The van der Waals surface area contributed by atoms with Crippen molar-refractivity contribution in [2.45, 2.75) is 51.9 Å². The third-order valence-electron chi connectivity index (χ3n) is 2.70. The predicted octanol–water partition coefficient (Wildman–Crippen LogP) is 3.92. The molecule has 0 heteroatoms. The molecule has 0 N–H and O–H groups in total. The minimum absolute atomic E-state index is 0.994. The Kier molecular flexibility index (Phi) is 3.68. The Labute approximate surface area is 70.7 Å². The number of rotatable bonds is 4. The maximum absolute atomic E-state index is 4.03. The van der Waals surface area contributed by atoms with Gasteiger partial charge < -0.3 is 0 Å². The van der Waals surface area contributed by atoms with Crippen molar-refractivity contribution < 1.29 is 0 Å². The SMILES string of the molecule is C=C1CCC(CCCCC)C1. The Hall–Kier alpha value is -0.260. The largest absolute Gasteiger partial charge is 0.0999 e. The molecule has 64 valence electrons. The topological polar surface area (TPSA) is 0 Å². The molecular formula is C11H20. The highest BCUT2D eigenvalue weighted by atomic mass is 14.2. The Morgan fingerprint density at radius 2 is 2.27 bits per heavy atom. The maximum Gasteiger partial charge on any atom is -0.0294 e. The Balaban J connectivity index is 2.04. The first-order chi connectivity index (χ1) is 5.33. The Morgan fingerprint density at radius 1 is 1.45 bits per heavy atom. The van der Waals surface area contributed by atoms with E-state index in [0.29, 0.717) is 0 Å². The molecule has 1 fully saturated rings. The monoisotopic (exact) mass is 152 g/mol. The second kappa shape index (κ2) is 4.58. The molecule has 0 aliphatic heterocycles. The first-order valence-corrected chi connectivity index (χ1v) is 4.99. The molecule has 1 rings (SSSR count). The maximum atomic E-state index is 4.03. The fraction of sp³-hybridized carbons (Fsp3) is 0.818. The Morgan fingerprint density at radius 3 is 2.82 bits per heavy atom. The molecule has 1 saturated carbocycles. The summed E-state index contributed by atoms with van der Waals surface area (Å²) >= 11 is 0. The zero-order chi connectivity index (χ0) is 8.10. The quantitative estimate of drug-likeness (QED) is 0.423. The van der Waals surface area contributed by atoms with E-state index in [1.54, 1.807) is 0 Å². The van der Waals surface area contributed by atoms with E-state index in [4.69, 9.17) is 0 Å². The summed E-state index contributed by atoms with van der Waals surface area (Å²) in [6.45, 7) is 6.30. The van der Waals surface area contributed by atoms with Gasteiger partial charge >= 0.3 is 0 Å². The lowest BCUT2D eigenvalue weighted by Crippen LogP contribution is -1.92. The normalized spacial score (nSPS) is 24.5. The zero-order valence-electron chi connectivity index (χ0n) is 7.73. The fourth-order valence-electron chi connectivity index (χ4n) is 1.95. The lowest BCUT2D eigenvalue weighted by atomic mass is 10.00. The van der Waals surface area contributed by atoms with Gasteiger partial charge in [-0.15, -0.1) is 0 Å². The zero-order valence-corrected chi connectivity index (χ0v) is 7.73. The van der Waals surface area contributed by atoms with Gasteiger partial charge in [0.05, 0.1) is 0 Å². The molecule has 11 heavy (non-hydrogen) atoms.